The molecule has 1 heterocycles. The van der Waals surface area contributed by atoms with E-state index in [-0.39, 0.29) is 24.9 Å². The number of carbonyl (C=O) groups is 2. The molecular formula is C19H21N5O4. The lowest BCUT2D eigenvalue weighted by Gasteiger charge is -2.08. The van der Waals surface area contributed by atoms with E-state index < -0.39 is 5.91 Å². The molecule has 146 valence electrons. The molecule has 0 fully saturated rings. The van der Waals surface area contributed by atoms with Crippen molar-refractivity contribution in [2.45, 2.75) is 0 Å². The molecule has 0 atom stereocenters. The van der Waals surface area contributed by atoms with Gasteiger partial charge in [-0.25, -0.2) is 4.99 Å². The Bertz CT molecular complexity index is 850. The van der Waals surface area contributed by atoms with E-state index in [0.717, 1.165) is 0 Å². The minimum atomic E-state index is -0.632. The van der Waals surface area contributed by atoms with E-state index in [1.807, 2.05) is 0 Å². The van der Waals surface area contributed by atoms with Crippen LogP contribution in [0.5, 0.6) is 5.75 Å². The zero-order valence-corrected chi connectivity index (χ0v) is 15.3. The van der Waals surface area contributed by atoms with Crippen molar-refractivity contribution in [3.8, 4) is 5.75 Å². The first-order chi connectivity index (χ1) is 13.5. The van der Waals surface area contributed by atoms with E-state index in [2.05, 4.69) is 32.0 Å². The Morgan fingerprint density at radius 2 is 1.86 bits per heavy atom. The first kappa shape index (κ1) is 20.6. The zero-order valence-electron chi connectivity index (χ0n) is 15.3. The summed E-state index contributed by atoms with van der Waals surface area (Å²) in [7, 11) is 1.56. The van der Waals surface area contributed by atoms with Crippen molar-refractivity contribution in [1.29, 1.82) is 0 Å². The zero-order chi connectivity index (χ0) is 20.4. The Balaban J connectivity index is 1.85. The largest absolute Gasteiger partial charge is 0.497 e. The van der Waals surface area contributed by atoms with Crippen molar-refractivity contribution in [1.82, 2.24) is 15.6 Å². The maximum Gasteiger partial charge on any atom is 0.308 e. The smallest absolute Gasteiger partial charge is 0.308 e. The number of methoxy groups -OCH3 is 1. The van der Waals surface area contributed by atoms with Crippen LogP contribution in [0.4, 0.5) is 0 Å². The van der Waals surface area contributed by atoms with Crippen LogP contribution in [-0.4, -0.2) is 42.9 Å². The highest BCUT2D eigenvalue weighted by molar-refractivity contribution is 6.35. The first-order valence-corrected chi connectivity index (χ1v) is 8.30. The molecule has 0 spiro atoms. The van der Waals surface area contributed by atoms with Crippen LogP contribution in [0, 0.1) is 0 Å². The molecule has 1 aromatic carbocycles. The summed E-state index contributed by atoms with van der Waals surface area (Å²) in [6, 6.07) is 10.3. The second-order valence-corrected chi connectivity index (χ2v) is 5.46. The highest BCUT2D eigenvalue weighted by atomic mass is 16.6. The van der Waals surface area contributed by atoms with Gasteiger partial charge in [-0.2, -0.15) is 5.90 Å². The van der Waals surface area contributed by atoms with E-state index in [4.69, 9.17) is 10.6 Å². The molecule has 0 radical (unpaired) electrons. The molecular weight excluding hydrogens is 362 g/mol. The van der Waals surface area contributed by atoms with E-state index >= 15 is 0 Å². The minimum absolute atomic E-state index is 0.155. The molecule has 0 saturated carbocycles. The van der Waals surface area contributed by atoms with E-state index in [1.165, 1.54) is 6.20 Å². The van der Waals surface area contributed by atoms with Crippen LogP contribution in [-0.2, 0) is 9.63 Å². The highest BCUT2D eigenvalue weighted by Gasteiger charge is 2.13. The van der Waals surface area contributed by atoms with Crippen LogP contribution >= 0.6 is 0 Å². The van der Waals surface area contributed by atoms with Gasteiger partial charge in [0.15, 0.2) is 0 Å². The van der Waals surface area contributed by atoms with Crippen LogP contribution in [0.1, 0.15) is 15.9 Å². The Kier molecular flexibility index (Phi) is 7.67. The second-order valence-electron chi connectivity index (χ2n) is 5.46. The molecule has 4 N–H and O–H groups in total. The summed E-state index contributed by atoms with van der Waals surface area (Å²) in [5.74, 6) is 4.56. The number of aliphatic imine (C=N–C) groups is 1. The van der Waals surface area contributed by atoms with Crippen LogP contribution in [0.3, 0.4) is 0 Å². The minimum Gasteiger partial charge on any atom is -0.497 e. The molecule has 2 aromatic rings. The molecule has 0 saturated heterocycles. The lowest BCUT2D eigenvalue weighted by Crippen LogP contribution is -2.39. The number of hydrogen-bond acceptors (Lipinski definition) is 7. The van der Waals surface area contributed by atoms with E-state index in [1.54, 1.807) is 49.7 Å². The van der Waals surface area contributed by atoms with E-state index in [0.29, 0.717) is 22.6 Å². The van der Waals surface area contributed by atoms with Crippen molar-refractivity contribution in [3.05, 3.63) is 66.5 Å². The number of hydrogen-bond donors (Lipinski definition) is 3. The van der Waals surface area contributed by atoms with Gasteiger partial charge in [-0.05, 0) is 42.0 Å². The predicted molar refractivity (Wildman–Crippen MR) is 104 cm³/mol. The maximum atomic E-state index is 12.1. The van der Waals surface area contributed by atoms with Crippen molar-refractivity contribution in [2.24, 2.45) is 10.9 Å². The standard InChI is InChI=1S/C19H21N5O4/c1-13(14-5-7-16(27-2)8-6-14)24-19(28-20)18(26)23-11-10-22-17(25)15-4-3-9-21-12-15/h3-9,12H,1,10-11,20H2,2H3,(H,22,25)(H,23,26). The van der Waals surface area contributed by atoms with Crippen molar-refractivity contribution in [2.75, 3.05) is 20.2 Å². The SMILES string of the molecule is C=C(N=C(ON)C(=O)NCCNC(=O)c1cccnc1)c1ccc(OC)cc1. The number of ether oxygens (including phenoxy) is 1. The molecule has 9 heteroatoms. The Morgan fingerprint density at radius 3 is 2.46 bits per heavy atom. The Labute approximate surface area is 162 Å². The van der Waals surface area contributed by atoms with Crippen LogP contribution < -0.4 is 21.3 Å². The lowest BCUT2D eigenvalue weighted by molar-refractivity contribution is -0.116. The highest BCUT2D eigenvalue weighted by Crippen LogP contribution is 2.18. The lowest BCUT2D eigenvalue weighted by atomic mass is 10.2. The number of nitrogens with two attached hydrogens (primary N) is 1. The molecule has 2 rings (SSSR count). The summed E-state index contributed by atoms with van der Waals surface area (Å²) in [5, 5.41) is 5.20. The number of amides is 2. The average molecular weight is 383 g/mol. The first-order valence-electron chi connectivity index (χ1n) is 8.30. The number of aromatic nitrogens is 1. The molecule has 1 aromatic heterocycles. The third-order valence-corrected chi connectivity index (χ3v) is 3.59. The summed E-state index contributed by atoms with van der Waals surface area (Å²) in [4.78, 5) is 36.4. The van der Waals surface area contributed by atoms with E-state index in [9.17, 15) is 9.59 Å². The van der Waals surface area contributed by atoms with Crippen molar-refractivity contribution < 1.29 is 19.2 Å². The number of pyridine rings is 1. The molecule has 0 unspecified atom stereocenters. The number of nitrogens with zero attached hydrogens (tertiary/aromatic N) is 2. The van der Waals surface area contributed by atoms with Crippen LogP contribution in [0.15, 0.2) is 60.4 Å². The molecule has 9 nitrogen and oxygen atoms in total. The second kappa shape index (κ2) is 10.4. The van der Waals surface area contributed by atoms with Gasteiger partial charge in [0.25, 0.3) is 5.91 Å². The van der Waals surface area contributed by atoms with Gasteiger partial charge in [0, 0.05) is 25.5 Å². The molecule has 2 amide bonds. The van der Waals surface area contributed by atoms with Gasteiger partial charge in [0.1, 0.15) is 5.75 Å². The number of rotatable bonds is 7. The molecule has 0 aliphatic heterocycles. The number of carbonyl (C=O) groups excluding carboxylic acids is 2. The quantitative estimate of drug-likeness (QED) is 0.282. The van der Waals surface area contributed by atoms with Gasteiger partial charge in [0.05, 0.1) is 18.4 Å². The maximum absolute atomic E-state index is 12.1. The third kappa shape index (κ3) is 5.92. The van der Waals surface area contributed by atoms with Gasteiger partial charge in [-0.1, -0.05) is 6.58 Å². The van der Waals surface area contributed by atoms with Gasteiger partial charge < -0.3 is 20.2 Å². The average Bonchev–Trinajstić information content (AvgIpc) is 2.75. The molecule has 0 aliphatic rings. The van der Waals surface area contributed by atoms with Crippen molar-refractivity contribution in [3.63, 3.8) is 0 Å². The topological polar surface area (TPSA) is 128 Å². The number of nitrogens with one attached hydrogen (secondary N) is 2. The van der Waals surface area contributed by atoms with Crippen LogP contribution in [0.25, 0.3) is 5.70 Å². The summed E-state index contributed by atoms with van der Waals surface area (Å²) in [6.45, 7) is 4.16. The summed E-state index contributed by atoms with van der Waals surface area (Å²) in [5.41, 5.74) is 1.40. The molecule has 0 aliphatic carbocycles. The molecule has 0 bridgehead atoms. The fraction of sp³-hybridized carbons (Fsp3) is 0.158. The number of benzene rings is 1. The Hall–Kier alpha value is -3.72. The Morgan fingerprint density at radius 1 is 1.14 bits per heavy atom. The summed E-state index contributed by atoms with van der Waals surface area (Å²) < 4.78 is 5.08. The fourth-order valence-electron chi connectivity index (χ4n) is 2.13. The van der Waals surface area contributed by atoms with Gasteiger partial charge in [-0.3, -0.25) is 14.6 Å². The van der Waals surface area contributed by atoms with Crippen LogP contribution in [0.2, 0.25) is 0 Å². The predicted octanol–water partition coefficient (Wildman–Crippen LogP) is 0.896. The van der Waals surface area contributed by atoms with Gasteiger partial charge in [0.2, 0.25) is 0 Å². The third-order valence-electron chi connectivity index (χ3n) is 3.59. The normalized spacial score (nSPS) is 10.7. The van der Waals surface area contributed by atoms with Gasteiger partial charge in [-0.15, -0.1) is 0 Å². The van der Waals surface area contributed by atoms with Crippen molar-refractivity contribution >= 4 is 23.4 Å². The molecule has 28 heavy (non-hydrogen) atoms. The summed E-state index contributed by atoms with van der Waals surface area (Å²) >= 11 is 0. The monoisotopic (exact) mass is 383 g/mol. The van der Waals surface area contributed by atoms with Gasteiger partial charge >= 0.3 is 11.8 Å². The summed E-state index contributed by atoms with van der Waals surface area (Å²) in [6.07, 6.45) is 3.02. The fourth-order valence-corrected chi connectivity index (χ4v) is 2.13.